The summed E-state index contributed by atoms with van der Waals surface area (Å²) >= 11 is 0. The first kappa shape index (κ1) is 14.4. The molecule has 1 aliphatic rings. The lowest BCUT2D eigenvalue weighted by molar-refractivity contribution is 0.202. The Labute approximate surface area is 116 Å². The second kappa shape index (κ2) is 6.40. The van der Waals surface area contributed by atoms with Gasteiger partial charge in [0.05, 0.1) is 13.2 Å². The van der Waals surface area contributed by atoms with Gasteiger partial charge in [-0.3, -0.25) is 0 Å². The number of aliphatic hydroxyl groups is 1. The van der Waals surface area contributed by atoms with Crippen molar-refractivity contribution >= 4 is 5.69 Å². The Morgan fingerprint density at radius 2 is 2.16 bits per heavy atom. The van der Waals surface area contributed by atoms with E-state index in [0.717, 1.165) is 30.3 Å². The number of benzene rings is 1. The standard InChI is InChI=1S/C16H25NO2/c1-12-4-7-16(15(10-12)11-18)17(8-9-19-3)13(2)14-5-6-14/h4,7,10,13-14,18H,5-6,8-9,11H2,1-3H3. The van der Waals surface area contributed by atoms with Crippen LogP contribution in [-0.4, -0.2) is 31.4 Å². The highest BCUT2D eigenvalue weighted by atomic mass is 16.5. The number of aryl methyl sites for hydroxylation is 1. The van der Waals surface area contributed by atoms with Gasteiger partial charge < -0.3 is 14.7 Å². The molecule has 0 heterocycles. The van der Waals surface area contributed by atoms with Crippen molar-refractivity contribution in [3.05, 3.63) is 29.3 Å². The SMILES string of the molecule is COCCN(c1ccc(C)cc1CO)C(C)C1CC1. The van der Waals surface area contributed by atoms with Crippen LogP contribution in [0.25, 0.3) is 0 Å². The lowest BCUT2D eigenvalue weighted by Gasteiger charge is -2.33. The van der Waals surface area contributed by atoms with E-state index in [-0.39, 0.29) is 6.61 Å². The highest BCUT2D eigenvalue weighted by Crippen LogP contribution is 2.37. The summed E-state index contributed by atoms with van der Waals surface area (Å²) in [6.45, 7) is 6.04. The zero-order valence-electron chi connectivity index (χ0n) is 12.2. The van der Waals surface area contributed by atoms with Crippen LogP contribution in [0.4, 0.5) is 5.69 Å². The fourth-order valence-electron chi connectivity index (χ4n) is 2.69. The van der Waals surface area contributed by atoms with Crippen LogP contribution in [0.15, 0.2) is 18.2 Å². The number of methoxy groups -OCH3 is 1. The Bertz CT molecular complexity index is 415. The molecule has 1 aromatic carbocycles. The van der Waals surface area contributed by atoms with Crippen molar-refractivity contribution in [2.75, 3.05) is 25.2 Å². The molecule has 3 heteroatoms. The van der Waals surface area contributed by atoms with E-state index in [1.54, 1.807) is 7.11 Å². The van der Waals surface area contributed by atoms with Crippen LogP contribution in [0.3, 0.4) is 0 Å². The maximum Gasteiger partial charge on any atom is 0.0702 e. The van der Waals surface area contributed by atoms with Gasteiger partial charge in [0.1, 0.15) is 0 Å². The summed E-state index contributed by atoms with van der Waals surface area (Å²) in [5.41, 5.74) is 3.37. The zero-order chi connectivity index (χ0) is 13.8. The average Bonchev–Trinajstić information content (AvgIpc) is 3.24. The lowest BCUT2D eigenvalue weighted by atomic mass is 10.1. The van der Waals surface area contributed by atoms with Gasteiger partial charge in [0.25, 0.3) is 0 Å². The third-order valence-electron chi connectivity index (χ3n) is 4.05. The Hall–Kier alpha value is -1.06. The van der Waals surface area contributed by atoms with Crippen LogP contribution < -0.4 is 4.90 Å². The van der Waals surface area contributed by atoms with E-state index < -0.39 is 0 Å². The van der Waals surface area contributed by atoms with Crippen molar-refractivity contribution in [1.29, 1.82) is 0 Å². The van der Waals surface area contributed by atoms with Crippen LogP contribution in [-0.2, 0) is 11.3 Å². The van der Waals surface area contributed by atoms with E-state index in [9.17, 15) is 5.11 Å². The molecule has 1 N–H and O–H groups in total. The maximum absolute atomic E-state index is 9.60. The van der Waals surface area contributed by atoms with Gasteiger partial charge in [-0.2, -0.15) is 0 Å². The number of rotatable bonds is 7. The summed E-state index contributed by atoms with van der Waals surface area (Å²) in [7, 11) is 1.74. The second-order valence-corrected chi connectivity index (χ2v) is 5.55. The lowest BCUT2D eigenvalue weighted by Crippen LogP contribution is -2.38. The first-order valence-corrected chi connectivity index (χ1v) is 7.13. The minimum atomic E-state index is 0.0951. The van der Waals surface area contributed by atoms with E-state index in [4.69, 9.17) is 4.74 Å². The monoisotopic (exact) mass is 263 g/mol. The van der Waals surface area contributed by atoms with E-state index in [1.165, 1.54) is 18.4 Å². The molecule has 0 saturated heterocycles. The highest BCUT2D eigenvalue weighted by molar-refractivity contribution is 5.55. The van der Waals surface area contributed by atoms with Crippen molar-refractivity contribution in [2.45, 2.75) is 39.3 Å². The molecule has 2 rings (SSSR count). The van der Waals surface area contributed by atoms with Gasteiger partial charge in [-0.05, 0) is 38.7 Å². The Morgan fingerprint density at radius 1 is 1.42 bits per heavy atom. The molecule has 1 aromatic rings. The molecule has 0 radical (unpaired) electrons. The molecule has 0 aromatic heterocycles. The van der Waals surface area contributed by atoms with Crippen LogP contribution in [0.5, 0.6) is 0 Å². The molecule has 0 aliphatic heterocycles. The van der Waals surface area contributed by atoms with Gasteiger partial charge in [-0.15, -0.1) is 0 Å². The van der Waals surface area contributed by atoms with Crippen molar-refractivity contribution in [3.8, 4) is 0 Å². The molecule has 19 heavy (non-hydrogen) atoms. The quantitative estimate of drug-likeness (QED) is 0.821. The van der Waals surface area contributed by atoms with E-state index in [2.05, 4.69) is 36.9 Å². The molecular formula is C16H25NO2. The first-order valence-electron chi connectivity index (χ1n) is 7.13. The summed E-state index contributed by atoms with van der Waals surface area (Å²) in [6.07, 6.45) is 2.65. The Morgan fingerprint density at radius 3 is 2.74 bits per heavy atom. The third kappa shape index (κ3) is 3.48. The molecule has 0 bridgehead atoms. The van der Waals surface area contributed by atoms with Crippen LogP contribution in [0.1, 0.15) is 30.9 Å². The van der Waals surface area contributed by atoms with Gasteiger partial charge >= 0.3 is 0 Å². The van der Waals surface area contributed by atoms with E-state index in [1.807, 2.05) is 0 Å². The Balaban J connectivity index is 2.25. The van der Waals surface area contributed by atoms with Gasteiger partial charge in [0, 0.05) is 30.9 Å². The molecule has 1 saturated carbocycles. The summed E-state index contributed by atoms with van der Waals surface area (Å²) in [4.78, 5) is 2.40. The number of anilines is 1. The number of aliphatic hydroxyl groups excluding tert-OH is 1. The Kier molecular flexibility index (Phi) is 4.83. The third-order valence-corrected chi connectivity index (χ3v) is 4.05. The fourth-order valence-corrected chi connectivity index (χ4v) is 2.69. The number of nitrogens with zero attached hydrogens (tertiary/aromatic N) is 1. The molecule has 1 fully saturated rings. The average molecular weight is 263 g/mol. The topological polar surface area (TPSA) is 32.7 Å². The van der Waals surface area contributed by atoms with Crippen LogP contribution in [0.2, 0.25) is 0 Å². The largest absolute Gasteiger partial charge is 0.392 e. The van der Waals surface area contributed by atoms with Crippen molar-refractivity contribution in [3.63, 3.8) is 0 Å². The summed E-state index contributed by atoms with van der Waals surface area (Å²) < 4.78 is 5.24. The summed E-state index contributed by atoms with van der Waals surface area (Å²) in [5, 5.41) is 9.60. The fraction of sp³-hybridized carbons (Fsp3) is 0.625. The zero-order valence-corrected chi connectivity index (χ0v) is 12.2. The van der Waals surface area contributed by atoms with Gasteiger partial charge in [0.15, 0.2) is 0 Å². The number of ether oxygens (including phenoxy) is 1. The van der Waals surface area contributed by atoms with E-state index >= 15 is 0 Å². The predicted octanol–water partition coefficient (Wildman–Crippen LogP) is 2.74. The molecular weight excluding hydrogens is 238 g/mol. The van der Waals surface area contributed by atoms with Crippen molar-refractivity contribution in [1.82, 2.24) is 0 Å². The number of hydrogen-bond acceptors (Lipinski definition) is 3. The number of hydrogen-bond donors (Lipinski definition) is 1. The summed E-state index contributed by atoms with van der Waals surface area (Å²) in [5.74, 6) is 0.796. The van der Waals surface area contributed by atoms with Crippen molar-refractivity contribution < 1.29 is 9.84 Å². The minimum absolute atomic E-state index is 0.0951. The molecule has 0 amide bonds. The molecule has 106 valence electrons. The van der Waals surface area contributed by atoms with Gasteiger partial charge in [0.2, 0.25) is 0 Å². The highest BCUT2D eigenvalue weighted by Gasteiger charge is 2.32. The maximum atomic E-state index is 9.60. The normalized spacial score (nSPS) is 16.4. The second-order valence-electron chi connectivity index (χ2n) is 5.55. The summed E-state index contributed by atoms with van der Waals surface area (Å²) in [6, 6.07) is 6.85. The van der Waals surface area contributed by atoms with Gasteiger partial charge in [-0.25, -0.2) is 0 Å². The van der Waals surface area contributed by atoms with Crippen molar-refractivity contribution in [2.24, 2.45) is 5.92 Å². The molecule has 1 unspecified atom stereocenters. The molecule has 1 aliphatic carbocycles. The van der Waals surface area contributed by atoms with E-state index in [0.29, 0.717) is 6.04 Å². The molecule has 1 atom stereocenters. The van der Waals surface area contributed by atoms with Gasteiger partial charge in [-0.1, -0.05) is 17.7 Å². The van der Waals surface area contributed by atoms with Crippen LogP contribution in [0, 0.1) is 12.8 Å². The first-order chi connectivity index (χ1) is 9.17. The molecule has 0 spiro atoms. The van der Waals surface area contributed by atoms with Crippen LogP contribution >= 0.6 is 0 Å². The predicted molar refractivity (Wildman–Crippen MR) is 78.5 cm³/mol. The molecule has 3 nitrogen and oxygen atoms in total. The smallest absolute Gasteiger partial charge is 0.0702 e. The minimum Gasteiger partial charge on any atom is -0.392 e.